The highest BCUT2D eigenvalue weighted by molar-refractivity contribution is 6.22. The minimum atomic E-state index is -0.0663. The van der Waals surface area contributed by atoms with Gasteiger partial charge in [-0.2, -0.15) is 0 Å². The number of rotatable bonds is 3. The van der Waals surface area contributed by atoms with E-state index in [1.165, 1.54) is 99.1 Å². The van der Waals surface area contributed by atoms with Crippen LogP contribution in [0.4, 0.5) is 0 Å². The Morgan fingerprint density at radius 1 is 0.362 bits per heavy atom. The van der Waals surface area contributed by atoms with E-state index in [2.05, 4.69) is 173 Å². The lowest BCUT2D eigenvalue weighted by Gasteiger charge is -2.23. The van der Waals surface area contributed by atoms with E-state index in [0.29, 0.717) is 0 Å². The number of aryl methyl sites for hydroxylation is 2. The second-order valence-electron chi connectivity index (χ2n) is 13.8. The highest BCUT2D eigenvalue weighted by Crippen LogP contribution is 2.51. The Balaban J connectivity index is 1.37. The quantitative estimate of drug-likeness (QED) is 0.177. The van der Waals surface area contributed by atoms with Gasteiger partial charge in [0.2, 0.25) is 0 Å². The number of fused-ring (bicyclic) bond motifs is 6. The Labute approximate surface area is 277 Å². The SMILES string of the molecule is Cc1ccc(-c2c3ccccc3c(-c3ccc4c(c3)C(C)(C)c3ccccc3-4)c3cc(-c4ccc5ccccc5c4)ccc23)cc1C. The average molecular weight is 601 g/mol. The van der Waals surface area contributed by atoms with Gasteiger partial charge in [-0.25, -0.2) is 0 Å². The molecule has 0 N–H and O–H groups in total. The van der Waals surface area contributed by atoms with Gasteiger partial charge >= 0.3 is 0 Å². The molecule has 1 aliphatic carbocycles. The Kier molecular flexibility index (Phi) is 6.08. The molecule has 0 bridgehead atoms. The molecular formula is C47H36. The molecule has 0 aliphatic heterocycles. The van der Waals surface area contributed by atoms with E-state index in [9.17, 15) is 0 Å². The van der Waals surface area contributed by atoms with Crippen LogP contribution in [0.3, 0.4) is 0 Å². The Morgan fingerprint density at radius 3 is 1.74 bits per heavy atom. The highest BCUT2D eigenvalue weighted by atomic mass is 14.4. The molecule has 0 atom stereocenters. The molecule has 0 saturated carbocycles. The summed E-state index contributed by atoms with van der Waals surface area (Å²) in [7, 11) is 0. The summed E-state index contributed by atoms with van der Waals surface area (Å²) in [5.41, 5.74) is 15.7. The van der Waals surface area contributed by atoms with Crippen molar-refractivity contribution in [1.29, 1.82) is 0 Å². The number of hydrogen-bond donors (Lipinski definition) is 0. The molecule has 0 heteroatoms. The molecule has 8 aromatic carbocycles. The van der Waals surface area contributed by atoms with Crippen LogP contribution in [0.15, 0.2) is 146 Å². The molecule has 0 heterocycles. The fourth-order valence-electron chi connectivity index (χ4n) is 8.11. The average Bonchev–Trinajstić information content (AvgIpc) is 3.33. The predicted molar refractivity (Wildman–Crippen MR) is 202 cm³/mol. The lowest BCUT2D eigenvalue weighted by molar-refractivity contribution is 0.660. The maximum Gasteiger partial charge on any atom is 0.0159 e. The first-order valence-corrected chi connectivity index (χ1v) is 16.7. The maximum atomic E-state index is 2.48. The standard InChI is InChI=1S/C47H36/c1-29-17-18-35(25-30(29)2)45-39-14-7-8-15-40(39)46(36-22-23-38-37-13-9-10-16-43(37)47(3,4)44(38)28-36)42-27-34(21-24-41(42)45)33-20-19-31-11-5-6-12-32(31)26-33/h5-28H,1-4H3. The molecule has 1 aliphatic rings. The van der Waals surface area contributed by atoms with Crippen LogP contribution < -0.4 is 0 Å². The molecule has 9 rings (SSSR count). The zero-order chi connectivity index (χ0) is 31.9. The number of hydrogen-bond acceptors (Lipinski definition) is 0. The third-order valence-electron chi connectivity index (χ3n) is 10.8. The summed E-state index contributed by atoms with van der Waals surface area (Å²) in [6.07, 6.45) is 0. The van der Waals surface area contributed by atoms with E-state index >= 15 is 0 Å². The van der Waals surface area contributed by atoms with Crippen LogP contribution in [-0.4, -0.2) is 0 Å². The van der Waals surface area contributed by atoms with Crippen molar-refractivity contribution in [2.75, 3.05) is 0 Å². The van der Waals surface area contributed by atoms with Crippen molar-refractivity contribution >= 4 is 32.3 Å². The molecular weight excluding hydrogens is 565 g/mol. The van der Waals surface area contributed by atoms with E-state index < -0.39 is 0 Å². The smallest absolute Gasteiger partial charge is 0.0159 e. The van der Waals surface area contributed by atoms with Crippen LogP contribution in [0, 0.1) is 13.8 Å². The summed E-state index contributed by atoms with van der Waals surface area (Å²) in [5, 5.41) is 7.69. The number of benzene rings is 8. The summed E-state index contributed by atoms with van der Waals surface area (Å²) in [5.74, 6) is 0. The van der Waals surface area contributed by atoms with Crippen molar-refractivity contribution in [3.63, 3.8) is 0 Å². The maximum absolute atomic E-state index is 2.48. The Hall–Kier alpha value is -5.46. The van der Waals surface area contributed by atoms with Crippen LogP contribution in [0.1, 0.15) is 36.1 Å². The first-order chi connectivity index (χ1) is 22.9. The fourth-order valence-corrected chi connectivity index (χ4v) is 8.11. The van der Waals surface area contributed by atoms with E-state index in [4.69, 9.17) is 0 Å². The summed E-state index contributed by atoms with van der Waals surface area (Å²) in [4.78, 5) is 0. The summed E-state index contributed by atoms with van der Waals surface area (Å²) >= 11 is 0. The van der Waals surface area contributed by atoms with Crippen molar-refractivity contribution in [3.8, 4) is 44.5 Å². The van der Waals surface area contributed by atoms with Crippen LogP contribution in [0.25, 0.3) is 76.8 Å². The lowest BCUT2D eigenvalue weighted by Crippen LogP contribution is -2.14. The predicted octanol–water partition coefficient (Wildman–Crippen LogP) is 13.1. The molecule has 0 spiro atoms. The van der Waals surface area contributed by atoms with Gasteiger partial charge in [0, 0.05) is 5.41 Å². The Bertz CT molecular complexity index is 2560. The topological polar surface area (TPSA) is 0 Å². The molecule has 47 heavy (non-hydrogen) atoms. The van der Waals surface area contributed by atoms with Crippen molar-refractivity contribution in [2.24, 2.45) is 0 Å². The molecule has 224 valence electrons. The molecule has 8 aromatic rings. The monoisotopic (exact) mass is 600 g/mol. The summed E-state index contributed by atoms with van der Waals surface area (Å²) in [6, 6.07) is 54.7. The normalized spacial score (nSPS) is 13.3. The van der Waals surface area contributed by atoms with E-state index in [1.54, 1.807) is 0 Å². The van der Waals surface area contributed by atoms with Gasteiger partial charge in [-0.1, -0.05) is 141 Å². The van der Waals surface area contributed by atoms with Crippen molar-refractivity contribution in [2.45, 2.75) is 33.1 Å². The molecule has 0 saturated heterocycles. The van der Waals surface area contributed by atoms with Gasteiger partial charge in [-0.15, -0.1) is 0 Å². The van der Waals surface area contributed by atoms with Gasteiger partial charge in [0.25, 0.3) is 0 Å². The third-order valence-corrected chi connectivity index (χ3v) is 10.8. The van der Waals surface area contributed by atoms with Gasteiger partial charge in [0.15, 0.2) is 0 Å². The van der Waals surface area contributed by atoms with Gasteiger partial charge in [-0.3, -0.25) is 0 Å². The van der Waals surface area contributed by atoms with Crippen molar-refractivity contribution in [3.05, 3.63) is 168 Å². The molecule has 0 unspecified atom stereocenters. The zero-order valence-corrected chi connectivity index (χ0v) is 27.4. The van der Waals surface area contributed by atoms with Crippen LogP contribution >= 0.6 is 0 Å². The van der Waals surface area contributed by atoms with Gasteiger partial charge in [0.1, 0.15) is 0 Å². The molecule has 0 radical (unpaired) electrons. The highest BCUT2D eigenvalue weighted by Gasteiger charge is 2.35. The van der Waals surface area contributed by atoms with Crippen LogP contribution in [-0.2, 0) is 5.41 Å². The van der Waals surface area contributed by atoms with Gasteiger partial charge in [-0.05, 0) is 131 Å². The summed E-state index contributed by atoms with van der Waals surface area (Å²) in [6.45, 7) is 9.16. The molecule has 0 fully saturated rings. The van der Waals surface area contributed by atoms with Crippen molar-refractivity contribution in [1.82, 2.24) is 0 Å². The molecule has 0 amide bonds. The minimum Gasteiger partial charge on any atom is -0.0619 e. The van der Waals surface area contributed by atoms with E-state index in [-0.39, 0.29) is 5.41 Å². The molecule has 0 nitrogen and oxygen atoms in total. The lowest BCUT2D eigenvalue weighted by atomic mass is 9.80. The van der Waals surface area contributed by atoms with E-state index in [1.807, 2.05) is 0 Å². The van der Waals surface area contributed by atoms with E-state index in [0.717, 1.165) is 0 Å². The first kappa shape index (κ1) is 27.8. The first-order valence-electron chi connectivity index (χ1n) is 16.7. The zero-order valence-electron chi connectivity index (χ0n) is 27.4. The van der Waals surface area contributed by atoms with Gasteiger partial charge in [0.05, 0.1) is 0 Å². The largest absolute Gasteiger partial charge is 0.0619 e. The van der Waals surface area contributed by atoms with Gasteiger partial charge < -0.3 is 0 Å². The minimum absolute atomic E-state index is 0.0663. The van der Waals surface area contributed by atoms with Crippen LogP contribution in [0.5, 0.6) is 0 Å². The molecule has 0 aromatic heterocycles. The van der Waals surface area contributed by atoms with Crippen molar-refractivity contribution < 1.29 is 0 Å². The third kappa shape index (κ3) is 4.21. The second-order valence-corrected chi connectivity index (χ2v) is 13.8. The Morgan fingerprint density at radius 2 is 0.936 bits per heavy atom. The summed E-state index contributed by atoms with van der Waals surface area (Å²) < 4.78 is 0. The second kappa shape index (κ2) is 10.3. The van der Waals surface area contributed by atoms with Crippen LogP contribution in [0.2, 0.25) is 0 Å². The fraction of sp³-hybridized carbons (Fsp3) is 0.106.